The minimum absolute atomic E-state index is 0.202. The van der Waals surface area contributed by atoms with E-state index in [0.29, 0.717) is 6.54 Å². The van der Waals surface area contributed by atoms with E-state index in [2.05, 4.69) is 10.4 Å². The topological polar surface area (TPSA) is 76.2 Å². The number of imidazole rings is 1. The van der Waals surface area contributed by atoms with Crippen molar-refractivity contribution >= 4 is 5.91 Å². The van der Waals surface area contributed by atoms with Crippen LogP contribution >= 0.6 is 0 Å². The molecular formula is C9H17N5O. The van der Waals surface area contributed by atoms with Gasteiger partial charge in [-0.15, -0.1) is 0 Å². The summed E-state index contributed by atoms with van der Waals surface area (Å²) in [6.45, 7) is 2.41. The summed E-state index contributed by atoms with van der Waals surface area (Å²) in [5.74, 6) is 5.78. The summed E-state index contributed by atoms with van der Waals surface area (Å²) in [4.78, 5) is 17.3. The summed E-state index contributed by atoms with van der Waals surface area (Å²) in [6.07, 6.45) is 3.60. The Labute approximate surface area is 89.0 Å². The molecule has 0 aliphatic rings. The molecule has 1 aromatic rings. The zero-order valence-electron chi connectivity index (χ0n) is 9.27. The van der Waals surface area contributed by atoms with Crippen molar-refractivity contribution in [3.63, 3.8) is 0 Å². The average Bonchev–Trinajstić information content (AvgIpc) is 2.62. The molecule has 0 spiro atoms. The molecule has 1 aromatic heterocycles. The predicted molar refractivity (Wildman–Crippen MR) is 56.5 cm³/mol. The normalized spacial score (nSPS) is 12.9. The quantitative estimate of drug-likeness (QED) is 0.389. The molecule has 0 aliphatic carbocycles. The smallest absolute Gasteiger partial charge is 0.250 e. The minimum atomic E-state index is -0.272. The first kappa shape index (κ1) is 11.7. The fraction of sp³-hybridized carbons (Fsp3) is 0.556. The molecule has 0 aromatic carbocycles. The zero-order chi connectivity index (χ0) is 11.4. The Kier molecular flexibility index (Phi) is 3.81. The molecule has 1 heterocycles. The number of nitrogens with zero attached hydrogens (tertiary/aromatic N) is 3. The highest BCUT2D eigenvalue weighted by Gasteiger charge is 2.17. The van der Waals surface area contributed by atoms with Gasteiger partial charge in [-0.1, -0.05) is 0 Å². The van der Waals surface area contributed by atoms with Crippen LogP contribution < -0.4 is 11.3 Å². The van der Waals surface area contributed by atoms with Crippen molar-refractivity contribution in [2.45, 2.75) is 19.5 Å². The highest BCUT2D eigenvalue weighted by atomic mass is 16.2. The van der Waals surface area contributed by atoms with Gasteiger partial charge in [0.15, 0.2) is 0 Å². The molecule has 0 radical (unpaired) electrons. The summed E-state index contributed by atoms with van der Waals surface area (Å²) in [7, 11) is 3.78. The highest BCUT2D eigenvalue weighted by Crippen LogP contribution is 2.03. The number of hydrogen-bond donors (Lipinski definition) is 2. The summed E-state index contributed by atoms with van der Waals surface area (Å²) >= 11 is 0. The third-order valence-electron chi connectivity index (χ3n) is 2.49. The zero-order valence-corrected chi connectivity index (χ0v) is 9.27. The van der Waals surface area contributed by atoms with Crippen LogP contribution in [0, 0.1) is 0 Å². The summed E-state index contributed by atoms with van der Waals surface area (Å²) in [6, 6.07) is -0.272. The molecule has 0 saturated heterocycles. The maximum absolute atomic E-state index is 11.3. The molecule has 3 N–H and O–H groups in total. The van der Waals surface area contributed by atoms with Crippen LogP contribution in [0.5, 0.6) is 0 Å². The Bertz CT molecular complexity index is 335. The number of hydrazine groups is 1. The van der Waals surface area contributed by atoms with Crippen molar-refractivity contribution in [3.8, 4) is 0 Å². The lowest BCUT2D eigenvalue weighted by Gasteiger charge is -2.22. The van der Waals surface area contributed by atoms with Crippen LogP contribution in [0.2, 0.25) is 0 Å². The molecule has 15 heavy (non-hydrogen) atoms. The van der Waals surface area contributed by atoms with Crippen molar-refractivity contribution in [2.75, 3.05) is 7.05 Å². The molecule has 0 bridgehead atoms. The second-order valence-electron chi connectivity index (χ2n) is 3.55. The number of carbonyl (C=O) groups is 1. The van der Waals surface area contributed by atoms with Crippen molar-refractivity contribution in [3.05, 3.63) is 18.2 Å². The number of likely N-dealkylation sites (N-methyl/N-ethyl adjacent to an activating group) is 1. The molecule has 0 aliphatic heterocycles. The molecule has 0 saturated carbocycles. The van der Waals surface area contributed by atoms with Crippen LogP contribution in [0.25, 0.3) is 0 Å². The van der Waals surface area contributed by atoms with E-state index in [1.54, 1.807) is 13.1 Å². The predicted octanol–water partition coefficient (Wildman–Crippen LogP) is -0.770. The van der Waals surface area contributed by atoms with E-state index in [4.69, 9.17) is 5.84 Å². The maximum atomic E-state index is 11.3. The number of nitrogens with one attached hydrogen (secondary N) is 1. The van der Waals surface area contributed by atoms with Crippen LogP contribution in [0.3, 0.4) is 0 Å². The van der Waals surface area contributed by atoms with Gasteiger partial charge in [-0.05, 0) is 14.0 Å². The Morgan fingerprint density at radius 2 is 2.47 bits per heavy atom. The van der Waals surface area contributed by atoms with E-state index >= 15 is 0 Å². The molecule has 0 fully saturated rings. The van der Waals surface area contributed by atoms with E-state index in [-0.39, 0.29) is 11.9 Å². The summed E-state index contributed by atoms with van der Waals surface area (Å²) in [5, 5.41) is 0. The van der Waals surface area contributed by atoms with Crippen LogP contribution in [0.15, 0.2) is 12.4 Å². The molecule has 1 unspecified atom stereocenters. The first-order valence-corrected chi connectivity index (χ1v) is 4.73. The minimum Gasteiger partial charge on any atom is -0.337 e. The highest BCUT2D eigenvalue weighted by molar-refractivity contribution is 5.80. The second kappa shape index (κ2) is 4.90. The summed E-state index contributed by atoms with van der Waals surface area (Å²) in [5.41, 5.74) is 2.13. The van der Waals surface area contributed by atoms with Gasteiger partial charge >= 0.3 is 0 Å². The number of aromatic nitrogens is 2. The van der Waals surface area contributed by atoms with E-state index in [9.17, 15) is 4.79 Å². The van der Waals surface area contributed by atoms with Crippen molar-refractivity contribution in [1.29, 1.82) is 0 Å². The van der Waals surface area contributed by atoms with Gasteiger partial charge in [0.2, 0.25) is 0 Å². The van der Waals surface area contributed by atoms with E-state index in [0.717, 1.165) is 5.82 Å². The lowest BCUT2D eigenvalue weighted by molar-refractivity contribution is -0.125. The Hall–Kier alpha value is -1.40. The largest absolute Gasteiger partial charge is 0.337 e. The molecule has 84 valence electrons. The van der Waals surface area contributed by atoms with Gasteiger partial charge in [0, 0.05) is 19.4 Å². The van der Waals surface area contributed by atoms with Gasteiger partial charge in [-0.2, -0.15) is 0 Å². The van der Waals surface area contributed by atoms with E-state index in [1.165, 1.54) is 0 Å². The van der Waals surface area contributed by atoms with E-state index in [1.807, 2.05) is 29.8 Å². The fourth-order valence-corrected chi connectivity index (χ4v) is 1.23. The van der Waals surface area contributed by atoms with Gasteiger partial charge in [0.1, 0.15) is 5.82 Å². The van der Waals surface area contributed by atoms with Gasteiger partial charge < -0.3 is 4.57 Å². The first-order valence-electron chi connectivity index (χ1n) is 4.73. The third-order valence-corrected chi connectivity index (χ3v) is 2.49. The lowest BCUT2D eigenvalue weighted by Crippen LogP contribution is -2.45. The number of aryl methyl sites for hydroxylation is 1. The molecule has 1 atom stereocenters. The first-order chi connectivity index (χ1) is 7.06. The van der Waals surface area contributed by atoms with E-state index < -0.39 is 0 Å². The standard InChI is InChI=1S/C9H17N5O/c1-7(9(15)12-10)14(3)6-8-11-4-5-13(8)2/h4-5,7H,6,10H2,1-3H3,(H,12,15). The number of nitrogens with two attached hydrogens (primary N) is 1. The van der Waals surface area contributed by atoms with Crippen LogP contribution in [0.4, 0.5) is 0 Å². The van der Waals surface area contributed by atoms with Crippen molar-refractivity contribution < 1.29 is 4.79 Å². The number of hydrogen-bond acceptors (Lipinski definition) is 4. The lowest BCUT2D eigenvalue weighted by atomic mass is 10.3. The number of carbonyl (C=O) groups excluding carboxylic acids is 1. The number of rotatable bonds is 4. The van der Waals surface area contributed by atoms with Gasteiger partial charge in [0.25, 0.3) is 5.91 Å². The Morgan fingerprint density at radius 1 is 1.80 bits per heavy atom. The number of amides is 1. The van der Waals surface area contributed by atoms with Gasteiger partial charge in [-0.3, -0.25) is 15.1 Å². The van der Waals surface area contributed by atoms with Crippen LogP contribution in [-0.2, 0) is 18.4 Å². The van der Waals surface area contributed by atoms with Crippen LogP contribution in [-0.4, -0.2) is 33.4 Å². The Morgan fingerprint density at radius 3 is 2.93 bits per heavy atom. The summed E-state index contributed by atoms with van der Waals surface area (Å²) < 4.78 is 1.92. The fourth-order valence-electron chi connectivity index (χ4n) is 1.23. The monoisotopic (exact) mass is 211 g/mol. The van der Waals surface area contributed by atoms with Crippen molar-refractivity contribution in [1.82, 2.24) is 19.9 Å². The van der Waals surface area contributed by atoms with Crippen molar-refractivity contribution in [2.24, 2.45) is 12.9 Å². The molecular weight excluding hydrogens is 194 g/mol. The van der Waals surface area contributed by atoms with Gasteiger partial charge in [-0.25, -0.2) is 10.8 Å². The maximum Gasteiger partial charge on any atom is 0.250 e. The molecule has 6 nitrogen and oxygen atoms in total. The molecule has 1 rings (SSSR count). The van der Waals surface area contributed by atoms with Gasteiger partial charge in [0.05, 0.1) is 12.6 Å². The average molecular weight is 211 g/mol. The molecule has 6 heteroatoms. The second-order valence-corrected chi connectivity index (χ2v) is 3.55. The third kappa shape index (κ3) is 2.77. The SMILES string of the molecule is CC(C(=O)NN)N(C)Cc1nccn1C. The Balaban J connectivity index is 2.59. The molecule has 1 amide bonds. The van der Waals surface area contributed by atoms with Crippen LogP contribution in [0.1, 0.15) is 12.7 Å².